The predicted molar refractivity (Wildman–Crippen MR) is 117 cm³/mol. The van der Waals surface area contributed by atoms with E-state index < -0.39 is 40.5 Å². The minimum absolute atomic E-state index is 0.0529. The van der Waals surface area contributed by atoms with E-state index in [0.717, 1.165) is 23.8 Å². The number of hydrogen-bond acceptors (Lipinski definition) is 4. The second-order valence-electron chi connectivity index (χ2n) is 9.11. The number of ether oxygens (including phenoxy) is 1. The number of nitrogens with one attached hydrogen (secondary N) is 1. The molecule has 0 aromatic heterocycles. The Hall–Kier alpha value is -2.17. The number of piperidine rings is 1. The lowest BCUT2D eigenvalue weighted by Gasteiger charge is -2.34. The lowest BCUT2D eigenvalue weighted by Crippen LogP contribution is -2.45. The fourth-order valence-corrected chi connectivity index (χ4v) is 5.47. The number of hydrogen-bond donors (Lipinski definition) is 1. The Kier molecular flexibility index (Phi) is 7.40. The van der Waals surface area contributed by atoms with E-state index in [1.165, 1.54) is 16.4 Å². The summed E-state index contributed by atoms with van der Waals surface area (Å²) in [6.07, 6.45) is -3.94. The quantitative estimate of drug-likeness (QED) is 0.584. The van der Waals surface area contributed by atoms with Gasteiger partial charge in [0.2, 0.25) is 10.0 Å². The van der Waals surface area contributed by atoms with Gasteiger partial charge in [-0.05, 0) is 67.2 Å². The zero-order valence-corrected chi connectivity index (χ0v) is 19.6. The van der Waals surface area contributed by atoms with E-state index in [2.05, 4.69) is 10.1 Å². The molecule has 0 aliphatic carbocycles. The number of halogens is 4. The van der Waals surface area contributed by atoms with Gasteiger partial charge in [0.15, 0.2) is 0 Å². The average Bonchev–Trinajstić information content (AvgIpc) is 2.73. The van der Waals surface area contributed by atoms with Crippen LogP contribution in [0.3, 0.4) is 0 Å². The third kappa shape index (κ3) is 6.45. The van der Waals surface area contributed by atoms with Gasteiger partial charge >= 0.3 is 6.36 Å². The number of benzene rings is 2. The van der Waals surface area contributed by atoms with Crippen LogP contribution in [0.4, 0.5) is 17.6 Å². The van der Waals surface area contributed by atoms with Crippen LogP contribution in [0.15, 0.2) is 47.4 Å². The third-order valence-electron chi connectivity index (χ3n) is 5.62. The van der Waals surface area contributed by atoms with Crippen LogP contribution in [0.25, 0.3) is 0 Å². The van der Waals surface area contributed by atoms with Crippen LogP contribution in [0, 0.1) is 5.82 Å². The molecular formula is C23H28F4N2O3S. The molecule has 0 bridgehead atoms. The summed E-state index contributed by atoms with van der Waals surface area (Å²) in [4.78, 5) is 0.0529. The van der Waals surface area contributed by atoms with Crippen molar-refractivity contribution in [1.29, 1.82) is 0 Å². The summed E-state index contributed by atoms with van der Waals surface area (Å²) in [5, 5.41) is 3.15. The standard InChI is InChI=1S/C23H28F4N2O3S/c1-22(2,3)17-4-7-20(8-5-17)33(30,31)29(18-10-12-28-13-11-18)15-16-14-19(6-9-21(16)24)32-23(25,26)27/h4-9,14,18,28H,10-13,15H2,1-3H3. The molecule has 0 unspecified atom stereocenters. The number of rotatable bonds is 6. The van der Waals surface area contributed by atoms with E-state index in [4.69, 9.17) is 0 Å². The van der Waals surface area contributed by atoms with Gasteiger partial charge in [-0.15, -0.1) is 13.2 Å². The maximum atomic E-state index is 14.5. The Morgan fingerprint density at radius 2 is 1.64 bits per heavy atom. The fourth-order valence-electron chi connectivity index (χ4n) is 3.80. The van der Waals surface area contributed by atoms with E-state index in [1.54, 1.807) is 12.1 Å². The summed E-state index contributed by atoms with van der Waals surface area (Å²) in [5.74, 6) is -1.40. The Morgan fingerprint density at radius 1 is 1.03 bits per heavy atom. The monoisotopic (exact) mass is 488 g/mol. The summed E-state index contributed by atoms with van der Waals surface area (Å²) in [5.41, 5.74) is 0.599. The minimum Gasteiger partial charge on any atom is -0.406 e. The molecule has 1 heterocycles. The molecule has 0 spiro atoms. The van der Waals surface area contributed by atoms with Crippen molar-refractivity contribution in [3.63, 3.8) is 0 Å². The largest absolute Gasteiger partial charge is 0.573 e. The molecule has 33 heavy (non-hydrogen) atoms. The van der Waals surface area contributed by atoms with E-state index in [9.17, 15) is 26.0 Å². The Bertz CT molecular complexity index is 1060. The Morgan fingerprint density at radius 3 is 2.18 bits per heavy atom. The first kappa shape index (κ1) is 25.5. The minimum atomic E-state index is -4.94. The van der Waals surface area contributed by atoms with Crippen molar-refractivity contribution >= 4 is 10.0 Å². The summed E-state index contributed by atoms with van der Waals surface area (Å²) >= 11 is 0. The Balaban J connectivity index is 1.98. The van der Waals surface area contributed by atoms with Crippen LogP contribution in [0.2, 0.25) is 0 Å². The highest BCUT2D eigenvalue weighted by molar-refractivity contribution is 7.89. The molecule has 2 aromatic rings. The summed E-state index contributed by atoms with van der Waals surface area (Å²) in [7, 11) is -4.05. The van der Waals surface area contributed by atoms with Crippen LogP contribution in [0.5, 0.6) is 5.75 Å². The Labute approximate surface area is 191 Å². The topological polar surface area (TPSA) is 58.6 Å². The first-order valence-electron chi connectivity index (χ1n) is 10.6. The molecule has 1 N–H and O–H groups in total. The summed E-state index contributed by atoms with van der Waals surface area (Å²) in [6.45, 7) is 6.79. The van der Waals surface area contributed by atoms with Crippen LogP contribution in [-0.2, 0) is 22.0 Å². The van der Waals surface area contributed by atoms with Crippen molar-refractivity contribution in [1.82, 2.24) is 9.62 Å². The van der Waals surface area contributed by atoms with Crippen molar-refractivity contribution in [2.45, 2.75) is 62.9 Å². The summed E-state index contributed by atoms with van der Waals surface area (Å²) in [6, 6.07) is 8.70. The molecule has 3 rings (SSSR count). The molecule has 0 radical (unpaired) electrons. The van der Waals surface area contributed by atoms with E-state index in [0.29, 0.717) is 25.9 Å². The van der Waals surface area contributed by atoms with E-state index >= 15 is 0 Å². The zero-order chi connectivity index (χ0) is 24.4. The molecule has 5 nitrogen and oxygen atoms in total. The van der Waals surface area contributed by atoms with Gasteiger partial charge in [-0.3, -0.25) is 0 Å². The van der Waals surface area contributed by atoms with Crippen molar-refractivity contribution in [3.05, 3.63) is 59.4 Å². The maximum Gasteiger partial charge on any atom is 0.573 e. The molecular weight excluding hydrogens is 460 g/mol. The zero-order valence-electron chi connectivity index (χ0n) is 18.7. The van der Waals surface area contributed by atoms with Crippen LogP contribution in [-0.4, -0.2) is 38.2 Å². The van der Waals surface area contributed by atoms with Gasteiger partial charge in [0, 0.05) is 18.2 Å². The first-order valence-corrected chi connectivity index (χ1v) is 12.1. The van der Waals surface area contributed by atoms with Crippen LogP contribution in [0.1, 0.15) is 44.7 Å². The van der Waals surface area contributed by atoms with Gasteiger partial charge < -0.3 is 10.1 Å². The lowest BCUT2D eigenvalue weighted by molar-refractivity contribution is -0.274. The molecule has 0 saturated carbocycles. The van der Waals surface area contributed by atoms with Crippen LogP contribution < -0.4 is 10.1 Å². The van der Waals surface area contributed by atoms with Crippen molar-refractivity contribution < 1.29 is 30.7 Å². The van der Waals surface area contributed by atoms with Gasteiger partial charge in [-0.2, -0.15) is 4.31 Å². The molecule has 1 aliphatic heterocycles. The highest BCUT2D eigenvalue weighted by atomic mass is 32.2. The predicted octanol–water partition coefficient (Wildman–Crippen LogP) is 4.96. The number of alkyl halides is 3. The normalized spacial score (nSPS) is 16.2. The smallest absolute Gasteiger partial charge is 0.406 e. The van der Waals surface area contributed by atoms with Gasteiger partial charge in [0.1, 0.15) is 11.6 Å². The average molecular weight is 489 g/mol. The second-order valence-corrected chi connectivity index (χ2v) is 11.0. The van der Waals surface area contributed by atoms with E-state index in [-0.39, 0.29) is 15.9 Å². The SMILES string of the molecule is CC(C)(C)c1ccc(S(=O)(=O)N(Cc2cc(OC(F)(F)F)ccc2F)C2CCNCC2)cc1. The molecule has 1 aliphatic rings. The van der Waals surface area contributed by atoms with Crippen molar-refractivity contribution in [3.8, 4) is 5.75 Å². The highest BCUT2D eigenvalue weighted by Crippen LogP contribution is 2.30. The van der Waals surface area contributed by atoms with Crippen molar-refractivity contribution in [2.75, 3.05) is 13.1 Å². The van der Waals surface area contributed by atoms with Crippen LogP contribution >= 0.6 is 0 Å². The first-order chi connectivity index (χ1) is 15.3. The van der Waals surface area contributed by atoms with Gasteiger partial charge in [0.05, 0.1) is 4.90 Å². The molecule has 0 atom stereocenters. The molecule has 10 heteroatoms. The van der Waals surface area contributed by atoms with Gasteiger partial charge in [-0.1, -0.05) is 32.9 Å². The van der Waals surface area contributed by atoms with Gasteiger partial charge in [0.25, 0.3) is 0 Å². The fraction of sp³-hybridized carbons (Fsp3) is 0.478. The molecule has 2 aromatic carbocycles. The third-order valence-corrected chi connectivity index (χ3v) is 7.53. The molecule has 1 fully saturated rings. The highest BCUT2D eigenvalue weighted by Gasteiger charge is 2.34. The molecule has 182 valence electrons. The number of nitrogens with zero attached hydrogens (tertiary/aromatic N) is 1. The molecule has 0 amide bonds. The maximum absolute atomic E-state index is 14.5. The van der Waals surface area contributed by atoms with E-state index in [1.807, 2.05) is 20.8 Å². The molecule has 1 saturated heterocycles. The second kappa shape index (κ2) is 9.60. The lowest BCUT2D eigenvalue weighted by atomic mass is 9.87. The van der Waals surface area contributed by atoms with Crippen molar-refractivity contribution in [2.24, 2.45) is 0 Å². The summed E-state index contributed by atoms with van der Waals surface area (Å²) < 4.78 is 84.7. The number of sulfonamides is 1. The van der Waals surface area contributed by atoms with Gasteiger partial charge in [-0.25, -0.2) is 12.8 Å².